The highest BCUT2D eigenvalue weighted by atomic mass is 28.3. The van der Waals surface area contributed by atoms with Crippen molar-refractivity contribution in [1.82, 2.24) is 10.1 Å². The molecule has 0 saturated carbocycles. The number of aryl methyl sites for hydroxylation is 1. The van der Waals surface area contributed by atoms with Crippen LogP contribution in [0.15, 0.2) is 16.3 Å². The van der Waals surface area contributed by atoms with E-state index in [1.165, 1.54) is 18.5 Å². The number of unbranched alkanes of at least 4 members (excludes halogenated alkanes) is 1. The van der Waals surface area contributed by atoms with E-state index in [4.69, 9.17) is 4.52 Å². The van der Waals surface area contributed by atoms with Crippen LogP contribution >= 0.6 is 0 Å². The Labute approximate surface area is 105 Å². The fourth-order valence-electron chi connectivity index (χ4n) is 1.65. The van der Waals surface area contributed by atoms with E-state index in [1.807, 2.05) is 13.0 Å². The summed E-state index contributed by atoms with van der Waals surface area (Å²) >= 11 is 0. The van der Waals surface area contributed by atoms with Crippen LogP contribution in [0.3, 0.4) is 0 Å². The molecule has 1 aromatic heterocycles. The van der Waals surface area contributed by atoms with Gasteiger partial charge in [-0.3, -0.25) is 0 Å². The van der Waals surface area contributed by atoms with Crippen molar-refractivity contribution in [2.45, 2.75) is 52.8 Å². The Morgan fingerprint density at radius 3 is 2.65 bits per heavy atom. The lowest BCUT2D eigenvalue weighted by molar-refractivity contribution is 0.396. The monoisotopic (exact) mass is 252 g/mol. The van der Waals surface area contributed by atoms with Gasteiger partial charge in [-0.25, -0.2) is 0 Å². The highest BCUT2D eigenvalue weighted by Gasteiger charge is 2.14. The molecule has 0 atom stereocenters. The Bertz CT molecular complexity index is 377. The minimum atomic E-state index is -1.29. The summed E-state index contributed by atoms with van der Waals surface area (Å²) in [5, 5.41) is 4.02. The van der Waals surface area contributed by atoms with Crippen LogP contribution in [0.1, 0.15) is 37.6 Å². The minimum absolute atomic E-state index is 0.860. The van der Waals surface area contributed by atoms with Gasteiger partial charge >= 0.3 is 0 Å². The fraction of sp³-hybridized carbons (Fsp3) is 0.615. The maximum atomic E-state index is 5.09. The van der Waals surface area contributed by atoms with Gasteiger partial charge in [-0.05, 0) is 25.8 Å². The van der Waals surface area contributed by atoms with Crippen LogP contribution in [0, 0.1) is 6.92 Å². The van der Waals surface area contributed by atoms with Gasteiger partial charge in [0, 0.05) is 11.8 Å². The first kappa shape index (κ1) is 14.0. The molecule has 0 aromatic carbocycles. The van der Waals surface area contributed by atoms with E-state index >= 15 is 0 Å². The Morgan fingerprint density at radius 2 is 2.18 bits per heavy atom. The van der Waals surface area contributed by atoms with Crippen molar-refractivity contribution in [3.63, 3.8) is 0 Å². The van der Waals surface area contributed by atoms with Crippen LogP contribution in [0.2, 0.25) is 19.6 Å². The smallest absolute Gasteiger partial charge is 0.143 e. The van der Waals surface area contributed by atoms with Crippen molar-refractivity contribution < 1.29 is 4.52 Å². The predicted molar refractivity (Wildman–Crippen MR) is 75.2 cm³/mol. The van der Waals surface area contributed by atoms with E-state index in [9.17, 15) is 0 Å². The molecule has 1 aromatic rings. The molecule has 0 spiro atoms. The summed E-state index contributed by atoms with van der Waals surface area (Å²) in [4.78, 5) is 3.67. The van der Waals surface area contributed by atoms with E-state index < -0.39 is 8.24 Å². The molecule has 4 heteroatoms. The molecule has 0 fully saturated rings. The van der Waals surface area contributed by atoms with Crippen molar-refractivity contribution in [1.29, 1.82) is 0 Å². The summed E-state index contributed by atoms with van der Waals surface area (Å²) in [7, 11) is -1.29. The van der Waals surface area contributed by atoms with Crippen LogP contribution in [-0.2, 0) is 0 Å². The average molecular weight is 252 g/mol. The molecule has 0 aliphatic rings. The number of rotatable bonds is 6. The standard InChI is InChI=1S/C13H24N2OSi/c1-6-7-8-12(15-17(3,4)5)10-13-9-11(2)16-14-13/h9-10,15H,6-8H2,1-5H3/b12-10+. The molecule has 3 nitrogen and oxygen atoms in total. The molecular weight excluding hydrogens is 228 g/mol. The lowest BCUT2D eigenvalue weighted by Crippen LogP contribution is -2.40. The topological polar surface area (TPSA) is 38.1 Å². The van der Waals surface area contributed by atoms with E-state index in [-0.39, 0.29) is 0 Å². The van der Waals surface area contributed by atoms with Crippen LogP contribution in [-0.4, -0.2) is 13.4 Å². The second kappa shape index (κ2) is 6.05. The zero-order chi connectivity index (χ0) is 12.9. The van der Waals surface area contributed by atoms with Crippen LogP contribution < -0.4 is 4.98 Å². The molecule has 1 rings (SSSR count). The quantitative estimate of drug-likeness (QED) is 0.779. The SMILES string of the molecule is CCCC/C(=C\c1cc(C)on1)N[Si](C)(C)C. The van der Waals surface area contributed by atoms with Gasteiger partial charge < -0.3 is 9.51 Å². The molecule has 0 unspecified atom stereocenters. The molecule has 1 heterocycles. The maximum absolute atomic E-state index is 5.09. The maximum Gasteiger partial charge on any atom is 0.143 e. The van der Waals surface area contributed by atoms with Crippen molar-refractivity contribution >= 4 is 14.3 Å². The summed E-state index contributed by atoms with van der Waals surface area (Å²) in [5.41, 5.74) is 2.21. The summed E-state index contributed by atoms with van der Waals surface area (Å²) in [6.45, 7) is 11.1. The first-order valence-corrected chi connectivity index (χ1v) is 9.83. The normalized spacial score (nSPS) is 12.9. The van der Waals surface area contributed by atoms with Crippen LogP contribution in [0.5, 0.6) is 0 Å². The second-order valence-electron chi connectivity index (χ2n) is 5.51. The predicted octanol–water partition coefficient (Wildman–Crippen LogP) is 3.94. The van der Waals surface area contributed by atoms with Gasteiger partial charge in [0.05, 0.1) is 0 Å². The fourth-order valence-corrected chi connectivity index (χ4v) is 2.81. The van der Waals surface area contributed by atoms with Gasteiger partial charge in [-0.2, -0.15) is 0 Å². The summed E-state index contributed by atoms with van der Waals surface area (Å²) in [6, 6.07) is 1.97. The first-order chi connectivity index (χ1) is 7.90. The third-order valence-corrected chi connectivity index (χ3v) is 3.37. The van der Waals surface area contributed by atoms with Crippen molar-refractivity contribution in [3.8, 4) is 0 Å². The van der Waals surface area contributed by atoms with Gasteiger partial charge in [0.25, 0.3) is 0 Å². The van der Waals surface area contributed by atoms with Gasteiger partial charge in [0.2, 0.25) is 0 Å². The van der Waals surface area contributed by atoms with Gasteiger partial charge in [-0.1, -0.05) is 38.1 Å². The molecule has 0 aliphatic carbocycles. The summed E-state index contributed by atoms with van der Waals surface area (Å²) in [6.07, 6.45) is 5.62. The molecule has 0 radical (unpaired) electrons. The Morgan fingerprint density at radius 1 is 1.47 bits per heavy atom. The zero-order valence-electron chi connectivity index (χ0n) is 11.6. The number of nitrogens with zero attached hydrogens (tertiary/aromatic N) is 1. The Hall–Kier alpha value is -1.03. The highest BCUT2D eigenvalue weighted by Crippen LogP contribution is 2.13. The Balaban J connectivity index is 2.78. The molecule has 0 bridgehead atoms. The van der Waals surface area contributed by atoms with Gasteiger partial charge in [0.1, 0.15) is 19.7 Å². The molecule has 0 aliphatic heterocycles. The third-order valence-electron chi connectivity index (χ3n) is 2.30. The van der Waals surface area contributed by atoms with E-state index in [2.05, 4.69) is 42.8 Å². The molecule has 17 heavy (non-hydrogen) atoms. The van der Waals surface area contributed by atoms with Crippen LogP contribution in [0.4, 0.5) is 0 Å². The second-order valence-corrected chi connectivity index (χ2v) is 10.3. The minimum Gasteiger partial charge on any atom is -0.414 e. The lowest BCUT2D eigenvalue weighted by atomic mass is 10.2. The Kier molecular flexibility index (Phi) is 4.99. The summed E-state index contributed by atoms with van der Waals surface area (Å²) < 4.78 is 5.09. The number of hydrogen-bond donors (Lipinski definition) is 1. The van der Waals surface area contributed by atoms with Crippen LogP contribution in [0.25, 0.3) is 6.08 Å². The molecular formula is C13H24N2OSi. The van der Waals surface area contributed by atoms with E-state index in [0.29, 0.717) is 0 Å². The molecule has 0 saturated heterocycles. The van der Waals surface area contributed by atoms with Crippen molar-refractivity contribution in [3.05, 3.63) is 23.2 Å². The molecule has 0 amide bonds. The van der Waals surface area contributed by atoms with Gasteiger partial charge in [0.15, 0.2) is 0 Å². The number of hydrogen-bond acceptors (Lipinski definition) is 3. The molecule has 1 N–H and O–H groups in total. The van der Waals surface area contributed by atoms with E-state index in [1.54, 1.807) is 0 Å². The van der Waals surface area contributed by atoms with Gasteiger partial charge in [-0.15, -0.1) is 0 Å². The first-order valence-electron chi connectivity index (χ1n) is 6.33. The van der Waals surface area contributed by atoms with Crippen molar-refractivity contribution in [2.24, 2.45) is 0 Å². The number of allylic oxidation sites excluding steroid dienone is 1. The van der Waals surface area contributed by atoms with E-state index in [0.717, 1.165) is 17.9 Å². The summed E-state index contributed by atoms with van der Waals surface area (Å²) in [5.74, 6) is 0.860. The van der Waals surface area contributed by atoms with Crippen molar-refractivity contribution in [2.75, 3.05) is 0 Å². The lowest BCUT2D eigenvalue weighted by Gasteiger charge is -2.22. The molecule has 96 valence electrons. The number of nitrogens with one attached hydrogen (secondary N) is 1. The zero-order valence-corrected chi connectivity index (χ0v) is 12.6. The largest absolute Gasteiger partial charge is 0.414 e. The highest BCUT2D eigenvalue weighted by molar-refractivity contribution is 6.74. The third kappa shape index (κ3) is 5.72. The average Bonchev–Trinajstić information content (AvgIpc) is 2.58. The number of aromatic nitrogens is 1.